The number of thioether (sulfide) groups is 1. The highest BCUT2D eigenvalue weighted by Gasteiger charge is 2.20. The van der Waals surface area contributed by atoms with Crippen molar-refractivity contribution in [2.45, 2.75) is 6.92 Å². The molecule has 23 heavy (non-hydrogen) atoms. The number of fused-ring (bicyclic) bond motifs is 1. The van der Waals surface area contributed by atoms with Gasteiger partial charge in [-0.2, -0.15) is 11.8 Å². The van der Waals surface area contributed by atoms with Gasteiger partial charge in [0.1, 0.15) is 5.82 Å². The lowest BCUT2D eigenvalue weighted by molar-refractivity contribution is 0.327. The Hall–Kier alpha value is -1.82. The SMILES string of the molecule is COc1cc2nc(N3CCSCC3)cc(C)c2c(OC)c1OC. The summed E-state index contributed by atoms with van der Waals surface area (Å²) in [5, 5.41) is 0.972. The van der Waals surface area contributed by atoms with Crippen LogP contribution in [0.2, 0.25) is 0 Å². The van der Waals surface area contributed by atoms with Crippen molar-refractivity contribution < 1.29 is 14.2 Å². The van der Waals surface area contributed by atoms with Crippen LogP contribution in [0.3, 0.4) is 0 Å². The van der Waals surface area contributed by atoms with Crippen LogP contribution in [0, 0.1) is 6.92 Å². The summed E-state index contributed by atoms with van der Waals surface area (Å²) in [4.78, 5) is 7.19. The molecule has 0 atom stereocenters. The highest BCUT2D eigenvalue weighted by Crippen LogP contribution is 2.44. The van der Waals surface area contributed by atoms with E-state index >= 15 is 0 Å². The Morgan fingerprint density at radius 1 is 1.00 bits per heavy atom. The molecule has 5 nitrogen and oxygen atoms in total. The molecule has 6 heteroatoms. The van der Waals surface area contributed by atoms with E-state index in [1.807, 2.05) is 17.8 Å². The van der Waals surface area contributed by atoms with Crippen LogP contribution >= 0.6 is 11.8 Å². The zero-order valence-electron chi connectivity index (χ0n) is 14.0. The normalized spacial score (nSPS) is 14.9. The first-order valence-corrected chi connectivity index (χ1v) is 8.78. The lowest BCUT2D eigenvalue weighted by Crippen LogP contribution is -2.33. The average molecular weight is 334 g/mol. The van der Waals surface area contributed by atoms with Crippen molar-refractivity contribution in [2.24, 2.45) is 0 Å². The van der Waals surface area contributed by atoms with E-state index in [1.54, 1.807) is 21.3 Å². The van der Waals surface area contributed by atoms with E-state index in [4.69, 9.17) is 19.2 Å². The van der Waals surface area contributed by atoms with E-state index in [2.05, 4.69) is 17.9 Å². The third-order valence-corrected chi connectivity index (χ3v) is 5.06. The molecule has 0 radical (unpaired) electrons. The Morgan fingerprint density at radius 2 is 1.70 bits per heavy atom. The van der Waals surface area contributed by atoms with E-state index < -0.39 is 0 Å². The van der Waals surface area contributed by atoms with Gasteiger partial charge in [-0.25, -0.2) is 4.98 Å². The second-order valence-corrected chi connectivity index (χ2v) is 6.66. The van der Waals surface area contributed by atoms with E-state index in [0.717, 1.165) is 46.9 Å². The van der Waals surface area contributed by atoms with Crippen LogP contribution in [0.15, 0.2) is 12.1 Å². The standard InChI is InChI=1S/C17H22N2O3S/c1-11-9-14(19-5-7-23-8-6-19)18-12-10-13(20-2)16(21-3)17(22-4)15(11)12/h9-10H,5-8H2,1-4H3. The highest BCUT2D eigenvalue weighted by molar-refractivity contribution is 7.99. The Kier molecular flexibility index (Phi) is 4.71. The van der Waals surface area contributed by atoms with Crippen LogP contribution < -0.4 is 19.1 Å². The number of anilines is 1. The summed E-state index contributed by atoms with van der Waals surface area (Å²) in [7, 11) is 4.89. The van der Waals surface area contributed by atoms with Crippen LogP contribution in [0.4, 0.5) is 5.82 Å². The third-order valence-electron chi connectivity index (χ3n) is 4.12. The lowest BCUT2D eigenvalue weighted by Gasteiger charge is -2.28. The minimum absolute atomic E-state index is 0.606. The van der Waals surface area contributed by atoms with Gasteiger partial charge in [-0.1, -0.05) is 0 Å². The molecule has 1 fully saturated rings. The van der Waals surface area contributed by atoms with Gasteiger partial charge in [-0.3, -0.25) is 0 Å². The van der Waals surface area contributed by atoms with Crippen molar-refractivity contribution in [1.29, 1.82) is 0 Å². The number of nitrogens with zero attached hydrogens (tertiary/aromatic N) is 2. The molecule has 2 aromatic rings. The summed E-state index contributed by atoms with van der Waals surface area (Å²) in [5.41, 5.74) is 1.99. The minimum atomic E-state index is 0.606. The first kappa shape index (κ1) is 16.1. The van der Waals surface area contributed by atoms with Crippen LogP contribution in [0.5, 0.6) is 17.2 Å². The fraction of sp³-hybridized carbons (Fsp3) is 0.471. The fourth-order valence-corrected chi connectivity index (χ4v) is 3.89. The second kappa shape index (κ2) is 6.74. The van der Waals surface area contributed by atoms with Crippen LogP contribution in [-0.2, 0) is 0 Å². The highest BCUT2D eigenvalue weighted by atomic mass is 32.2. The van der Waals surface area contributed by atoms with Gasteiger partial charge >= 0.3 is 0 Å². The van der Waals surface area contributed by atoms with Crippen molar-refractivity contribution in [1.82, 2.24) is 4.98 Å². The van der Waals surface area contributed by atoms with Gasteiger partial charge in [0.25, 0.3) is 0 Å². The molecular weight excluding hydrogens is 312 g/mol. The van der Waals surface area contributed by atoms with E-state index in [9.17, 15) is 0 Å². The molecule has 0 aliphatic carbocycles. The van der Waals surface area contributed by atoms with Crippen molar-refractivity contribution in [3.63, 3.8) is 0 Å². The molecule has 0 spiro atoms. The fourth-order valence-electron chi connectivity index (χ4n) is 2.99. The zero-order chi connectivity index (χ0) is 16.4. The van der Waals surface area contributed by atoms with Crippen LogP contribution in [0.1, 0.15) is 5.56 Å². The molecule has 1 aromatic carbocycles. The Bertz CT molecular complexity index is 715. The largest absolute Gasteiger partial charge is 0.493 e. The number of benzene rings is 1. The maximum Gasteiger partial charge on any atom is 0.204 e. The Labute approximate surface area is 140 Å². The van der Waals surface area contributed by atoms with Crippen LogP contribution in [0.25, 0.3) is 10.9 Å². The number of hydrogen-bond donors (Lipinski definition) is 0. The van der Waals surface area contributed by atoms with E-state index in [1.165, 1.54) is 0 Å². The van der Waals surface area contributed by atoms with Crippen molar-refractivity contribution in [3.8, 4) is 17.2 Å². The van der Waals surface area contributed by atoms with Gasteiger partial charge in [0.2, 0.25) is 5.75 Å². The first-order valence-electron chi connectivity index (χ1n) is 7.62. The molecule has 0 bridgehead atoms. The molecule has 0 unspecified atom stereocenters. The molecule has 2 heterocycles. The number of pyridine rings is 1. The number of methoxy groups -OCH3 is 3. The van der Waals surface area contributed by atoms with Gasteiger partial charge in [-0.15, -0.1) is 0 Å². The number of aromatic nitrogens is 1. The number of aryl methyl sites for hydroxylation is 1. The summed E-state index contributed by atoms with van der Waals surface area (Å²) in [6.45, 7) is 4.15. The molecule has 1 saturated heterocycles. The summed E-state index contributed by atoms with van der Waals surface area (Å²) in [6.07, 6.45) is 0. The number of rotatable bonds is 4. The topological polar surface area (TPSA) is 43.8 Å². The molecule has 0 saturated carbocycles. The van der Waals surface area contributed by atoms with E-state index in [0.29, 0.717) is 17.2 Å². The lowest BCUT2D eigenvalue weighted by atomic mass is 10.1. The molecule has 124 valence electrons. The van der Waals surface area contributed by atoms with E-state index in [-0.39, 0.29) is 0 Å². The molecule has 1 aromatic heterocycles. The predicted molar refractivity (Wildman–Crippen MR) is 95.7 cm³/mol. The Morgan fingerprint density at radius 3 is 2.30 bits per heavy atom. The number of hydrogen-bond acceptors (Lipinski definition) is 6. The van der Waals surface area contributed by atoms with Gasteiger partial charge in [-0.05, 0) is 18.6 Å². The average Bonchev–Trinajstić information content (AvgIpc) is 2.60. The molecule has 0 amide bonds. The van der Waals surface area contributed by atoms with Gasteiger partial charge in [0.05, 0.1) is 26.8 Å². The number of ether oxygens (including phenoxy) is 3. The Balaban J connectivity index is 2.19. The quantitative estimate of drug-likeness (QED) is 0.856. The van der Waals surface area contributed by atoms with Gasteiger partial charge < -0.3 is 19.1 Å². The molecule has 1 aliphatic rings. The van der Waals surface area contributed by atoms with Crippen molar-refractivity contribution in [2.75, 3.05) is 50.8 Å². The summed E-state index contributed by atoms with van der Waals surface area (Å²) < 4.78 is 16.5. The van der Waals surface area contributed by atoms with Crippen LogP contribution in [-0.4, -0.2) is 50.9 Å². The molecule has 0 N–H and O–H groups in total. The molecular formula is C17H22N2O3S. The maximum absolute atomic E-state index is 5.60. The zero-order valence-corrected chi connectivity index (χ0v) is 14.8. The van der Waals surface area contributed by atoms with Gasteiger partial charge in [0.15, 0.2) is 11.5 Å². The first-order chi connectivity index (χ1) is 11.2. The second-order valence-electron chi connectivity index (χ2n) is 5.44. The van der Waals surface area contributed by atoms with Crippen molar-refractivity contribution >= 4 is 28.5 Å². The van der Waals surface area contributed by atoms with Crippen molar-refractivity contribution in [3.05, 3.63) is 17.7 Å². The predicted octanol–water partition coefficient (Wildman–Crippen LogP) is 3.12. The summed E-state index contributed by atoms with van der Waals surface area (Å²) >= 11 is 1.99. The molecule has 3 rings (SSSR count). The minimum Gasteiger partial charge on any atom is -0.493 e. The monoisotopic (exact) mass is 334 g/mol. The van der Waals surface area contributed by atoms with Gasteiger partial charge in [0, 0.05) is 36.0 Å². The molecule has 1 aliphatic heterocycles. The smallest absolute Gasteiger partial charge is 0.204 e. The maximum atomic E-state index is 5.60. The third kappa shape index (κ3) is 2.87. The summed E-state index contributed by atoms with van der Waals surface area (Å²) in [6, 6.07) is 4.05. The summed E-state index contributed by atoms with van der Waals surface area (Å²) in [5.74, 6) is 5.23.